The van der Waals surface area contributed by atoms with Gasteiger partial charge in [-0.25, -0.2) is 4.98 Å². The highest BCUT2D eigenvalue weighted by molar-refractivity contribution is 7.15. The molecule has 6 nitrogen and oxygen atoms in total. The van der Waals surface area contributed by atoms with Gasteiger partial charge in [-0.15, -0.1) is 11.3 Å². The third-order valence-corrected chi connectivity index (χ3v) is 6.98. The van der Waals surface area contributed by atoms with Crippen molar-refractivity contribution >= 4 is 22.4 Å². The number of rotatable bonds is 6. The van der Waals surface area contributed by atoms with E-state index in [1.165, 1.54) is 37.5 Å². The van der Waals surface area contributed by atoms with E-state index in [-0.39, 0.29) is 5.91 Å². The van der Waals surface area contributed by atoms with E-state index in [0.29, 0.717) is 16.5 Å². The third-order valence-electron chi connectivity index (χ3n) is 6.08. The number of pyridine rings is 1. The molecule has 1 N–H and O–H groups in total. The van der Waals surface area contributed by atoms with E-state index in [9.17, 15) is 4.79 Å². The number of nitrogens with one attached hydrogen (secondary N) is 1. The van der Waals surface area contributed by atoms with Crippen LogP contribution in [0, 0.1) is 25.2 Å². The van der Waals surface area contributed by atoms with Crippen LogP contribution >= 0.6 is 11.3 Å². The number of anilines is 1. The summed E-state index contributed by atoms with van der Waals surface area (Å²) < 4.78 is 6.12. The fraction of sp³-hybridized carbons (Fsp3) is 0.591. The van der Waals surface area contributed by atoms with Crippen LogP contribution in [-0.4, -0.2) is 40.5 Å². The fourth-order valence-corrected chi connectivity index (χ4v) is 5.81. The van der Waals surface area contributed by atoms with Crippen LogP contribution in [0.1, 0.15) is 48.9 Å². The number of nitrogens with zero attached hydrogens (tertiary/aromatic N) is 3. The van der Waals surface area contributed by atoms with E-state index >= 15 is 0 Å². The largest absolute Gasteiger partial charge is 0.493 e. The molecule has 2 aliphatic rings. The van der Waals surface area contributed by atoms with Crippen LogP contribution in [0.2, 0.25) is 0 Å². The van der Waals surface area contributed by atoms with E-state index < -0.39 is 0 Å². The molecule has 7 heteroatoms. The second-order valence-electron chi connectivity index (χ2n) is 8.78. The summed E-state index contributed by atoms with van der Waals surface area (Å²) in [5.74, 6) is 1.52. The molecule has 1 saturated carbocycles. The monoisotopic (exact) mass is 414 g/mol. The first kappa shape index (κ1) is 20.3. The topological polar surface area (TPSA) is 67.4 Å². The number of ether oxygens (including phenoxy) is 1. The minimum Gasteiger partial charge on any atom is -0.493 e. The van der Waals surface area contributed by atoms with Gasteiger partial charge in [0, 0.05) is 54.6 Å². The van der Waals surface area contributed by atoms with Crippen LogP contribution in [0.3, 0.4) is 0 Å². The number of aryl methyl sites for hydroxylation is 2. The maximum atomic E-state index is 11.2. The molecule has 0 bridgehead atoms. The Kier molecular flexibility index (Phi) is 5.88. The van der Waals surface area contributed by atoms with Crippen molar-refractivity contribution in [2.24, 2.45) is 11.3 Å². The molecule has 2 aromatic heterocycles. The smallest absolute Gasteiger partial charge is 0.223 e. The zero-order valence-corrected chi connectivity index (χ0v) is 18.3. The van der Waals surface area contributed by atoms with Crippen LogP contribution < -0.4 is 10.1 Å². The Morgan fingerprint density at radius 1 is 1.34 bits per heavy atom. The number of carbonyl (C=O) groups excluding carboxylic acids is 1. The maximum Gasteiger partial charge on any atom is 0.223 e. The highest BCUT2D eigenvalue weighted by Gasteiger charge is 2.44. The second-order valence-corrected chi connectivity index (χ2v) is 9.89. The molecule has 2 fully saturated rings. The molecule has 1 saturated heterocycles. The Morgan fingerprint density at radius 3 is 2.90 bits per heavy atom. The molecule has 156 valence electrons. The molecule has 2 unspecified atom stereocenters. The molecule has 2 aromatic rings. The van der Waals surface area contributed by atoms with Gasteiger partial charge in [0.1, 0.15) is 5.75 Å². The number of likely N-dealkylation sites (tertiary alicyclic amines) is 1. The lowest BCUT2D eigenvalue weighted by atomic mass is 9.84. The van der Waals surface area contributed by atoms with Gasteiger partial charge in [-0.3, -0.25) is 14.7 Å². The zero-order valence-electron chi connectivity index (χ0n) is 17.5. The number of thiazole rings is 1. The third kappa shape index (κ3) is 5.14. The standard InChI is InChI=1S/C22H30N4O2S/c1-15-8-19(9-16(2)24-15)28-13-18-4-5-22(10-18)6-7-26(14-22)12-20-11-23-21(29-20)25-17(3)27/h8-9,11,18H,4-7,10,12-14H2,1-3H3,(H,23,25,27). The molecular formula is C22H30N4O2S. The van der Waals surface area contributed by atoms with Crippen molar-refractivity contribution in [2.75, 3.05) is 25.0 Å². The second kappa shape index (κ2) is 8.40. The molecule has 0 radical (unpaired) electrons. The number of aromatic nitrogens is 2. The number of hydrogen-bond donors (Lipinski definition) is 1. The van der Waals surface area contributed by atoms with Crippen LogP contribution in [0.25, 0.3) is 0 Å². The van der Waals surface area contributed by atoms with E-state index in [4.69, 9.17) is 4.74 Å². The van der Waals surface area contributed by atoms with Crippen molar-refractivity contribution in [1.29, 1.82) is 0 Å². The summed E-state index contributed by atoms with van der Waals surface area (Å²) in [4.78, 5) is 23.7. The summed E-state index contributed by atoms with van der Waals surface area (Å²) in [6.45, 7) is 9.57. The first-order chi connectivity index (χ1) is 13.9. The molecule has 1 aliphatic carbocycles. The maximum absolute atomic E-state index is 11.2. The van der Waals surface area contributed by atoms with Gasteiger partial charge in [0.25, 0.3) is 0 Å². The molecule has 4 rings (SSSR count). The van der Waals surface area contributed by atoms with E-state index in [2.05, 4.69) is 20.2 Å². The van der Waals surface area contributed by atoms with E-state index in [1.54, 1.807) is 11.3 Å². The van der Waals surface area contributed by atoms with Gasteiger partial charge in [0.15, 0.2) is 5.13 Å². The highest BCUT2D eigenvalue weighted by atomic mass is 32.1. The minimum absolute atomic E-state index is 0.0673. The average Bonchev–Trinajstić information content (AvgIpc) is 3.34. The van der Waals surface area contributed by atoms with Gasteiger partial charge in [-0.2, -0.15) is 0 Å². The number of hydrogen-bond acceptors (Lipinski definition) is 6. The summed E-state index contributed by atoms with van der Waals surface area (Å²) in [6.07, 6.45) is 6.97. The molecule has 1 amide bonds. The molecule has 1 spiro atoms. The number of carbonyl (C=O) groups is 1. The number of amides is 1. The van der Waals surface area contributed by atoms with Crippen molar-refractivity contribution < 1.29 is 9.53 Å². The Balaban J connectivity index is 1.27. The van der Waals surface area contributed by atoms with E-state index in [1.807, 2.05) is 32.2 Å². The quantitative estimate of drug-likeness (QED) is 0.768. The Morgan fingerprint density at radius 2 is 2.14 bits per heavy atom. The van der Waals surface area contributed by atoms with Crippen LogP contribution in [0.4, 0.5) is 5.13 Å². The molecule has 2 atom stereocenters. The van der Waals surface area contributed by atoms with Gasteiger partial charge >= 0.3 is 0 Å². The Hall–Kier alpha value is -1.99. The van der Waals surface area contributed by atoms with Crippen LogP contribution in [0.15, 0.2) is 18.3 Å². The molecule has 0 aromatic carbocycles. The highest BCUT2D eigenvalue weighted by Crippen LogP contribution is 2.48. The van der Waals surface area contributed by atoms with Crippen molar-refractivity contribution in [3.63, 3.8) is 0 Å². The molecule has 29 heavy (non-hydrogen) atoms. The first-order valence-electron chi connectivity index (χ1n) is 10.4. The summed E-state index contributed by atoms with van der Waals surface area (Å²) in [7, 11) is 0. The summed E-state index contributed by atoms with van der Waals surface area (Å²) in [5.41, 5.74) is 2.47. The molecular weight excluding hydrogens is 384 g/mol. The van der Waals surface area contributed by atoms with Gasteiger partial charge in [-0.05, 0) is 57.4 Å². The van der Waals surface area contributed by atoms with Gasteiger partial charge in [-0.1, -0.05) is 0 Å². The van der Waals surface area contributed by atoms with Gasteiger partial charge in [0.05, 0.1) is 6.61 Å². The minimum atomic E-state index is -0.0673. The molecule has 3 heterocycles. The summed E-state index contributed by atoms with van der Waals surface area (Å²) in [6, 6.07) is 4.05. The fourth-order valence-electron chi connectivity index (χ4n) is 4.91. The van der Waals surface area contributed by atoms with Crippen LogP contribution in [0.5, 0.6) is 5.75 Å². The van der Waals surface area contributed by atoms with Gasteiger partial charge < -0.3 is 10.1 Å². The molecule has 1 aliphatic heterocycles. The van der Waals surface area contributed by atoms with Crippen molar-refractivity contribution in [3.8, 4) is 5.75 Å². The normalized spacial score (nSPS) is 24.3. The Bertz CT molecular complexity index is 863. The lowest BCUT2D eigenvalue weighted by Gasteiger charge is -2.24. The van der Waals surface area contributed by atoms with Crippen molar-refractivity contribution in [1.82, 2.24) is 14.9 Å². The van der Waals surface area contributed by atoms with Crippen LogP contribution in [-0.2, 0) is 11.3 Å². The lowest BCUT2D eigenvalue weighted by molar-refractivity contribution is -0.114. The Labute approximate surface area is 176 Å². The predicted molar refractivity (Wildman–Crippen MR) is 115 cm³/mol. The summed E-state index contributed by atoms with van der Waals surface area (Å²) in [5, 5.41) is 3.47. The zero-order chi connectivity index (χ0) is 20.4. The predicted octanol–water partition coefficient (Wildman–Crippen LogP) is 4.18. The average molecular weight is 415 g/mol. The lowest BCUT2D eigenvalue weighted by Crippen LogP contribution is -2.25. The van der Waals surface area contributed by atoms with Crippen molar-refractivity contribution in [3.05, 3.63) is 34.6 Å². The van der Waals surface area contributed by atoms with E-state index in [0.717, 1.165) is 43.4 Å². The SMILES string of the molecule is CC(=O)Nc1ncc(CN2CCC3(CCC(COc4cc(C)nc(C)c4)C3)C2)s1. The van der Waals surface area contributed by atoms with Gasteiger partial charge in [0.2, 0.25) is 5.91 Å². The first-order valence-corrected chi connectivity index (χ1v) is 11.2. The van der Waals surface area contributed by atoms with Crippen molar-refractivity contribution in [2.45, 2.75) is 53.0 Å². The summed E-state index contributed by atoms with van der Waals surface area (Å²) >= 11 is 1.58.